The van der Waals surface area contributed by atoms with E-state index in [1.165, 1.54) is 33.3 Å². The average Bonchev–Trinajstić information content (AvgIpc) is 2.87. The molecule has 23 heavy (non-hydrogen) atoms. The van der Waals surface area contributed by atoms with Gasteiger partial charge in [-0.25, -0.2) is 4.79 Å². The molecule has 4 nitrogen and oxygen atoms in total. The van der Waals surface area contributed by atoms with Crippen LogP contribution in [0.2, 0.25) is 0 Å². The molecule has 1 amide bonds. The van der Waals surface area contributed by atoms with E-state index in [1.54, 1.807) is 0 Å². The van der Waals surface area contributed by atoms with Gasteiger partial charge in [0.15, 0.2) is 0 Å². The molecule has 0 spiro atoms. The summed E-state index contributed by atoms with van der Waals surface area (Å²) in [6, 6.07) is 4.35. The highest BCUT2D eigenvalue weighted by atomic mass is 16.6. The number of carbonyl (C=O) groups is 1. The van der Waals surface area contributed by atoms with Crippen molar-refractivity contribution < 1.29 is 9.53 Å². The first kappa shape index (κ1) is 14.6. The van der Waals surface area contributed by atoms with Gasteiger partial charge >= 0.3 is 6.09 Å². The number of aromatic nitrogens is 1. The van der Waals surface area contributed by atoms with E-state index in [-0.39, 0.29) is 6.09 Å². The number of aromatic amines is 1. The summed E-state index contributed by atoms with van der Waals surface area (Å²) >= 11 is 0. The SMILES string of the molecule is CC[C@]1(C)OC(=O)N2CCc3c(C)[nH]c4c(C)ccc(c34)[C@@]21C. The van der Waals surface area contributed by atoms with Gasteiger partial charge in [-0.2, -0.15) is 0 Å². The summed E-state index contributed by atoms with van der Waals surface area (Å²) in [5.41, 5.74) is 5.27. The second-order valence-electron chi connectivity index (χ2n) is 7.33. The second-order valence-corrected chi connectivity index (χ2v) is 7.33. The van der Waals surface area contributed by atoms with Crippen LogP contribution in [0.25, 0.3) is 10.9 Å². The zero-order valence-corrected chi connectivity index (χ0v) is 14.5. The molecule has 0 unspecified atom stereocenters. The number of H-pyrrole nitrogens is 1. The van der Waals surface area contributed by atoms with Crippen LogP contribution in [-0.4, -0.2) is 28.1 Å². The fourth-order valence-electron chi connectivity index (χ4n) is 4.55. The van der Waals surface area contributed by atoms with Gasteiger partial charge in [0, 0.05) is 23.1 Å². The molecule has 0 saturated carbocycles. The number of nitrogens with one attached hydrogen (secondary N) is 1. The molecule has 1 aromatic carbocycles. The average molecular weight is 312 g/mol. The molecule has 1 aromatic heterocycles. The first-order chi connectivity index (χ1) is 10.8. The van der Waals surface area contributed by atoms with Gasteiger partial charge in [-0.05, 0) is 57.2 Å². The van der Waals surface area contributed by atoms with E-state index in [4.69, 9.17) is 4.74 Å². The van der Waals surface area contributed by atoms with Gasteiger partial charge in [0.1, 0.15) is 11.1 Å². The lowest BCUT2D eigenvalue weighted by Gasteiger charge is -2.41. The molecular weight excluding hydrogens is 288 g/mol. The molecule has 2 aliphatic rings. The topological polar surface area (TPSA) is 45.3 Å². The summed E-state index contributed by atoms with van der Waals surface area (Å²) in [4.78, 5) is 18.1. The second kappa shape index (κ2) is 4.31. The third kappa shape index (κ3) is 1.54. The number of aryl methyl sites for hydroxylation is 2. The maximum absolute atomic E-state index is 12.6. The molecule has 1 N–H and O–H groups in total. The number of fused-ring (bicyclic) bond motifs is 2. The fourth-order valence-corrected chi connectivity index (χ4v) is 4.55. The predicted octanol–water partition coefficient (Wildman–Crippen LogP) is 4.18. The zero-order chi connectivity index (χ0) is 16.6. The summed E-state index contributed by atoms with van der Waals surface area (Å²) in [6.07, 6.45) is 1.48. The van der Waals surface area contributed by atoms with E-state index >= 15 is 0 Å². The van der Waals surface area contributed by atoms with Crippen LogP contribution in [0.15, 0.2) is 12.1 Å². The van der Waals surface area contributed by atoms with Crippen molar-refractivity contribution in [3.63, 3.8) is 0 Å². The van der Waals surface area contributed by atoms with E-state index in [9.17, 15) is 4.79 Å². The van der Waals surface area contributed by atoms with E-state index in [0.717, 1.165) is 12.8 Å². The predicted molar refractivity (Wildman–Crippen MR) is 90.7 cm³/mol. The molecule has 0 aliphatic carbocycles. The number of nitrogens with zero attached hydrogens (tertiary/aromatic N) is 1. The number of ether oxygens (including phenoxy) is 1. The lowest BCUT2D eigenvalue weighted by atomic mass is 9.74. The number of benzene rings is 1. The highest BCUT2D eigenvalue weighted by molar-refractivity contribution is 5.93. The van der Waals surface area contributed by atoms with Crippen LogP contribution in [0.4, 0.5) is 4.79 Å². The van der Waals surface area contributed by atoms with E-state index in [2.05, 4.69) is 51.7 Å². The summed E-state index contributed by atoms with van der Waals surface area (Å²) < 4.78 is 5.86. The quantitative estimate of drug-likeness (QED) is 0.858. The summed E-state index contributed by atoms with van der Waals surface area (Å²) in [7, 11) is 0. The van der Waals surface area contributed by atoms with Gasteiger partial charge in [-0.15, -0.1) is 0 Å². The number of carbonyl (C=O) groups excluding carboxylic acids is 1. The molecule has 4 heteroatoms. The Bertz CT molecular complexity index is 837. The Kier molecular flexibility index (Phi) is 2.74. The van der Waals surface area contributed by atoms with Crippen molar-refractivity contribution in [3.8, 4) is 0 Å². The first-order valence-electron chi connectivity index (χ1n) is 8.45. The van der Waals surface area contributed by atoms with Gasteiger partial charge in [-0.3, -0.25) is 4.90 Å². The minimum absolute atomic E-state index is 0.183. The fraction of sp³-hybridized carbons (Fsp3) is 0.526. The highest BCUT2D eigenvalue weighted by Crippen LogP contribution is 2.52. The summed E-state index contributed by atoms with van der Waals surface area (Å²) in [6.45, 7) is 11.3. The van der Waals surface area contributed by atoms with Crippen molar-refractivity contribution in [3.05, 3.63) is 34.5 Å². The maximum Gasteiger partial charge on any atom is 0.411 e. The Morgan fingerprint density at radius 1 is 1.30 bits per heavy atom. The number of rotatable bonds is 1. The van der Waals surface area contributed by atoms with Gasteiger partial charge in [0.05, 0.1) is 0 Å². The molecule has 2 aromatic rings. The van der Waals surface area contributed by atoms with Crippen molar-refractivity contribution in [2.75, 3.05) is 6.54 Å². The minimum atomic E-state index is -0.515. The van der Waals surface area contributed by atoms with Crippen LogP contribution in [0.5, 0.6) is 0 Å². The monoisotopic (exact) mass is 312 g/mol. The molecule has 2 atom stereocenters. The van der Waals surface area contributed by atoms with Crippen LogP contribution in [0, 0.1) is 13.8 Å². The minimum Gasteiger partial charge on any atom is -0.440 e. The molecule has 1 fully saturated rings. The van der Waals surface area contributed by atoms with E-state index in [1.807, 2.05) is 4.90 Å². The van der Waals surface area contributed by atoms with Crippen molar-refractivity contribution in [1.29, 1.82) is 0 Å². The molecule has 1 saturated heterocycles. The van der Waals surface area contributed by atoms with Crippen LogP contribution >= 0.6 is 0 Å². The smallest absolute Gasteiger partial charge is 0.411 e. The van der Waals surface area contributed by atoms with Crippen molar-refractivity contribution in [1.82, 2.24) is 9.88 Å². The Balaban J connectivity index is 2.12. The summed E-state index contributed by atoms with van der Waals surface area (Å²) in [5, 5.41) is 1.30. The maximum atomic E-state index is 12.6. The normalized spacial score (nSPS) is 29.6. The number of amides is 1. The number of cyclic esters (lactones) is 1. The van der Waals surface area contributed by atoms with Crippen molar-refractivity contribution in [2.24, 2.45) is 0 Å². The largest absolute Gasteiger partial charge is 0.440 e. The molecule has 0 radical (unpaired) electrons. The van der Waals surface area contributed by atoms with Crippen LogP contribution in [-0.2, 0) is 16.7 Å². The molecule has 4 rings (SSSR count). The number of hydrogen-bond acceptors (Lipinski definition) is 2. The molecular formula is C19H24N2O2. The van der Waals surface area contributed by atoms with E-state index < -0.39 is 11.1 Å². The molecule has 122 valence electrons. The van der Waals surface area contributed by atoms with Crippen LogP contribution < -0.4 is 0 Å². The van der Waals surface area contributed by atoms with E-state index in [0.29, 0.717) is 6.54 Å². The van der Waals surface area contributed by atoms with Gasteiger partial charge in [0.2, 0.25) is 0 Å². The van der Waals surface area contributed by atoms with Crippen molar-refractivity contribution in [2.45, 2.75) is 58.6 Å². The Morgan fingerprint density at radius 2 is 2.04 bits per heavy atom. The number of hydrogen-bond donors (Lipinski definition) is 1. The van der Waals surface area contributed by atoms with Gasteiger partial charge in [0.25, 0.3) is 0 Å². The summed E-state index contributed by atoms with van der Waals surface area (Å²) in [5.74, 6) is 0. The Hall–Kier alpha value is -1.97. The van der Waals surface area contributed by atoms with Gasteiger partial charge < -0.3 is 9.72 Å². The van der Waals surface area contributed by atoms with Crippen LogP contribution in [0.1, 0.15) is 49.6 Å². The highest BCUT2D eigenvalue weighted by Gasteiger charge is 2.60. The third-order valence-corrected chi connectivity index (χ3v) is 6.37. The van der Waals surface area contributed by atoms with Crippen LogP contribution in [0.3, 0.4) is 0 Å². The Morgan fingerprint density at radius 3 is 2.74 bits per heavy atom. The van der Waals surface area contributed by atoms with Gasteiger partial charge in [-0.1, -0.05) is 19.1 Å². The standard InChI is InChI=1S/C19H24N2O2/c1-6-18(4)19(5)14-8-7-11(2)16-15(14)13(12(3)20-16)9-10-21(19)17(22)23-18/h7-8,20H,6,9-10H2,1-5H3/t18-,19+/m0/s1. The third-order valence-electron chi connectivity index (χ3n) is 6.37. The molecule has 0 bridgehead atoms. The Labute approximate surface area is 136 Å². The first-order valence-corrected chi connectivity index (χ1v) is 8.45. The molecule has 3 heterocycles. The zero-order valence-electron chi connectivity index (χ0n) is 14.5. The lowest BCUT2D eigenvalue weighted by Crippen LogP contribution is -2.52. The van der Waals surface area contributed by atoms with Crippen molar-refractivity contribution >= 4 is 17.0 Å². The lowest BCUT2D eigenvalue weighted by molar-refractivity contribution is 0.00344. The molecule has 2 aliphatic heterocycles.